The molecule has 100 valence electrons. The van der Waals surface area contributed by atoms with Gasteiger partial charge in [0.25, 0.3) is 15.5 Å². The molecule has 7 nitrogen and oxygen atoms in total. The normalized spacial score (nSPS) is 11.6. The third-order valence-corrected chi connectivity index (χ3v) is 3.17. The van der Waals surface area contributed by atoms with Gasteiger partial charge in [-0.15, -0.1) is 0 Å². The van der Waals surface area contributed by atoms with E-state index in [0.29, 0.717) is 6.20 Å². The third-order valence-electron chi connectivity index (χ3n) is 1.86. The molecule has 1 rings (SSSR count). The van der Waals surface area contributed by atoms with Crippen LogP contribution in [-0.2, 0) is 9.05 Å². The van der Waals surface area contributed by atoms with Gasteiger partial charge in [-0.3, -0.25) is 10.1 Å². The zero-order chi connectivity index (χ0) is 14.1. The summed E-state index contributed by atoms with van der Waals surface area (Å²) < 4.78 is 51.7. The van der Waals surface area contributed by atoms with Gasteiger partial charge in [0.15, 0.2) is 5.69 Å². The lowest BCUT2D eigenvalue weighted by Gasteiger charge is -2.08. The van der Waals surface area contributed by atoms with Crippen LogP contribution in [0.3, 0.4) is 0 Å². The van der Waals surface area contributed by atoms with Crippen LogP contribution >= 0.6 is 10.7 Å². The van der Waals surface area contributed by atoms with E-state index in [1.807, 2.05) is 0 Å². The molecule has 0 atom stereocenters. The van der Waals surface area contributed by atoms with E-state index in [4.69, 9.17) is 10.7 Å². The molecule has 0 unspecified atom stereocenters. The fourth-order valence-electron chi connectivity index (χ4n) is 1.19. The summed E-state index contributed by atoms with van der Waals surface area (Å²) >= 11 is 0. The summed E-state index contributed by atoms with van der Waals surface area (Å²) in [6.45, 7) is 0. The molecular weight excluding hydrogens is 298 g/mol. The summed E-state index contributed by atoms with van der Waals surface area (Å²) in [5.41, 5.74) is -2.42. The Morgan fingerprint density at radius 2 is 2.11 bits per heavy atom. The number of nitrogens with zero attached hydrogens (tertiary/aromatic N) is 2. The minimum atomic E-state index is -4.41. The van der Waals surface area contributed by atoms with Gasteiger partial charge >= 0.3 is 5.69 Å². The van der Waals surface area contributed by atoms with Crippen molar-refractivity contribution in [3.63, 3.8) is 0 Å². The number of hydrogen-bond donors (Lipinski definition) is 0. The minimum Gasteiger partial charge on any atom is -0.489 e. The van der Waals surface area contributed by atoms with Crippen LogP contribution in [0.2, 0.25) is 0 Å². The first kappa shape index (κ1) is 14.5. The SMILES string of the molecule is COc1c(S(=O)(=O)Cl)cnc(C(F)F)c1[N+](=O)[O-]. The van der Waals surface area contributed by atoms with Crippen LogP contribution in [0, 0.1) is 10.1 Å². The Bertz CT molecular complexity index is 592. The largest absolute Gasteiger partial charge is 0.489 e. The van der Waals surface area contributed by atoms with Gasteiger partial charge in [-0.1, -0.05) is 0 Å². The Balaban J connectivity index is 3.75. The highest BCUT2D eigenvalue weighted by Gasteiger charge is 2.34. The van der Waals surface area contributed by atoms with E-state index in [1.54, 1.807) is 0 Å². The van der Waals surface area contributed by atoms with Gasteiger partial charge < -0.3 is 4.74 Å². The lowest BCUT2D eigenvalue weighted by atomic mass is 10.3. The second-order valence-corrected chi connectivity index (χ2v) is 5.42. The van der Waals surface area contributed by atoms with Crippen molar-refractivity contribution in [3.05, 3.63) is 22.0 Å². The van der Waals surface area contributed by atoms with Gasteiger partial charge in [0, 0.05) is 10.7 Å². The highest BCUT2D eigenvalue weighted by Crippen LogP contribution is 2.40. The monoisotopic (exact) mass is 302 g/mol. The topological polar surface area (TPSA) is 99.4 Å². The summed E-state index contributed by atoms with van der Waals surface area (Å²) in [5, 5.41) is 10.7. The number of rotatable bonds is 4. The van der Waals surface area contributed by atoms with Gasteiger partial charge in [-0.05, 0) is 0 Å². The molecule has 0 spiro atoms. The molecule has 0 bridgehead atoms. The maximum Gasteiger partial charge on any atom is 0.339 e. The standard InChI is InChI=1S/C7H5ClF2N2O5S/c1-17-6-3(18(8,15)16)2-11-4(7(9)10)5(6)12(13)14/h2,7H,1H3. The average Bonchev–Trinajstić information content (AvgIpc) is 2.25. The van der Waals surface area contributed by atoms with E-state index >= 15 is 0 Å². The second kappa shape index (κ2) is 4.98. The van der Waals surface area contributed by atoms with E-state index < -0.39 is 42.4 Å². The van der Waals surface area contributed by atoms with E-state index in [0.717, 1.165) is 7.11 Å². The van der Waals surface area contributed by atoms with Gasteiger partial charge in [0.1, 0.15) is 4.90 Å². The molecule has 0 amide bonds. The van der Waals surface area contributed by atoms with E-state index in [1.165, 1.54) is 0 Å². The molecule has 1 heterocycles. The van der Waals surface area contributed by atoms with Crippen LogP contribution in [0.5, 0.6) is 5.75 Å². The van der Waals surface area contributed by atoms with Crippen LogP contribution in [-0.4, -0.2) is 25.4 Å². The molecule has 1 aromatic heterocycles. The van der Waals surface area contributed by atoms with Crippen molar-refractivity contribution in [3.8, 4) is 5.75 Å². The molecule has 11 heteroatoms. The Labute approximate surface area is 104 Å². The molecule has 0 saturated heterocycles. The highest BCUT2D eigenvalue weighted by atomic mass is 35.7. The molecule has 0 aromatic carbocycles. The van der Waals surface area contributed by atoms with Crippen molar-refractivity contribution in [2.24, 2.45) is 0 Å². The number of hydrogen-bond acceptors (Lipinski definition) is 6. The fourth-order valence-corrected chi connectivity index (χ4v) is 2.10. The Morgan fingerprint density at radius 1 is 1.56 bits per heavy atom. The predicted molar refractivity (Wildman–Crippen MR) is 55.4 cm³/mol. The van der Waals surface area contributed by atoms with Crippen LogP contribution in [0.25, 0.3) is 0 Å². The zero-order valence-corrected chi connectivity index (χ0v) is 10.2. The number of aromatic nitrogens is 1. The van der Waals surface area contributed by atoms with Gasteiger partial charge in [-0.2, -0.15) is 0 Å². The summed E-state index contributed by atoms with van der Waals surface area (Å²) in [7, 11) is 1.48. The second-order valence-electron chi connectivity index (χ2n) is 2.89. The fraction of sp³-hybridized carbons (Fsp3) is 0.286. The van der Waals surface area contributed by atoms with E-state index in [-0.39, 0.29) is 0 Å². The van der Waals surface area contributed by atoms with Crippen molar-refractivity contribution in [1.82, 2.24) is 4.98 Å². The number of nitro groups is 1. The number of methoxy groups -OCH3 is 1. The quantitative estimate of drug-likeness (QED) is 0.478. The summed E-state index contributed by atoms with van der Waals surface area (Å²) in [6.07, 6.45) is -2.78. The van der Waals surface area contributed by atoms with Crippen molar-refractivity contribution < 1.29 is 26.9 Å². The van der Waals surface area contributed by atoms with Crippen LogP contribution in [0.15, 0.2) is 11.1 Å². The summed E-state index contributed by atoms with van der Waals surface area (Å²) in [6, 6.07) is 0. The van der Waals surface area contributed by atoms with Crippen molar-refractivity contribution in [2.45, 2.75) is 11.3 Å². The molecule has 0 N–H and O–H groups in total. The maximum absolute atomic E-state index is 12.5. The number of pyridine rings is 1. The van der Waals surface area contributed by atoms with Crippen molar-refractivity contribution >= 4 is 25.4 Å². The Morgan fingerprint density at radius 3 is 2.44 bits per heavy atom. The molecular formula is C7H5ClF2N2O5S. The lowest BCUT2D eigenvalue weighted by Crippen LogP contribution is -2.06. The minimum absolute atomic E-state index is 0.482. The van der Waals surface area contributed by atoms with Crippen LogP contribution < -0.4 is 4.74 Å². The first-order valence-electron chi connectivity index (χ1n) is 4.14. The molecule has 0 fully saturated rings. The van der Waals surface area contributed by atoms with Crippen LogP contribution in [0.1, 0.15) is 12.1 Å². The molecule has 0 aliphatic carbocycles. The van der Waals surface area contributed by atoms with Crippen LogP contribution in [0.4, 0.5) is 14.5 Å². The first-order valence-corrected chi connectivity index (χ1v) is 6.45. The van der Waals surface area contributed by atoms with Gasteiger partial charge in [-0.25, -0.2) is 22.2 Å². The van der Waals surface area contributed by atoms with Gasteiger partial charge in [0.05, 0.1) is 18.2 Å². The molecule has 1 aromatic rings. The number of halogens is 3. The lowest BCUT2D eigenvalue weighted by molar-refractivity contribution is -0.387. The summed E-state index contributed by atoms with van der Waals surface area (Å²) in [5.74, 6) is -0.875. The average molecular weight is 303 g/mol. The zero-order valence-electron chi connectivity index (χ0n) is 8.63. The molecule has 18 heavy (non-hydrogen) atoms. The third kappa shape index (κ3) is 2.64. The first-order chi connectivity index (χ1) is 8.20. The molecule has 0 aliphatic rings. The van der Waals surface area contributed by atoms with Gasteiger partial charge in [0.2, 0.25) is 5.75 Å². The van der Waals surface area contributed by atoms with E-state index in [9.17, 15) is 27.3 Å². The summed E-state index contributed by atoms with van der Waals surface area (Å²) in [4.78, 5) is 11.7. The smallest absolute Gasteiger partial charge is 0.339 e. The molecule has 0 aliphatic heterocycles. The number of alkyl halides is 2. The Kier molecular flexibility index (Phi) is 4.02. The predicted octanol–water partition coefficient (Wildman–Crippen LogP) is 1.86. The maximum atomic E-state index is 12.5. The van der Waals surface area contributed by atoms with Crippen molar-refractivity contribution in [1.29, 1.82) is 0 Å². The van der Waals surface area contributed by atoms with E-state index in [2.05, 4.69) is 9.72 Å². The highest BCUT2D eigenvalue weighted by molar-refractivity contribution is 8.13. The number of ether oxygens (including phenoxy) is 1. The van der Waals surface area contributed by atoms with Crippen molar-refractivity contribution in [2.75, 3.05) is 7.11 Å². The Hall–Kier alpha value is -1.55. The molecule has 0 radical (unpaired) electrons. The molecule has 0 saturated carbocycles.